The van der Waals surface area contributed by atoms with Gasteiger partial charge in [0, 0.05) is 18.4 Å². The fourth-order valence-electron chi connectivity index (χ4n) is 2.48. The van der Waals surface area contributed by atoms with Crippen LogP contribution in [-0.2, 0) is 6.42 Å². The van der Waals surface area contributed by atoms with Crippen LogP contribution in [0.25, 0.3) is 0 Å². The molecule has 1 aliphatic carbocycles. The highest BCUT2D eigenvalue weighted by Gasteiger charge is 2.17. The van der Waals surface area contributed by atoms with E-state index in [9.17, 15) is 0 Å². The average molecular weight is 233 g/mol. The van der Waals surface area contributed by atoms with Gasteiger partial charge in [0.1, 0.15) is 0 Å². The first kappa shape index (κ1) is 12.5. The van der Waals surface area contributed by atoms with Crippen LogP contribution in [-0.4, -0.2) is 24.1 Å². The van der Waals surface area contributed by atoms with Crippen LogP contribution in [0.2, 0.25) is 0 Å². The summed E-state index contributed by atoms with van der Waals surface area (Å²) in [7, 11) is 0. The molecule has 0 unspecified atom stereocenters. The molecular formula is C14H23N3. The van der Waals surface area contributed by atoms with Crippen molar-refractivity contribution in [3.63, 3.8) is 0 Å². The summed E-state index contributed by atoms with van der Waals surface area (Å²) in [5.41, 5.74) is 7.21. The van der Waals surface area contributed by atoms with E-state index in [4.69, 9.17) is 5.73 Å². The summed E-state index contributed by atoms with van der Waals surface area (Å²) in [5, 5.41) is 3.55. The monoisotopic (exact) mass is 233 g/mol. The van der Waals surface area contributed by atoms with Crippen molar-refractivity contribution in [3.05, 3.63) is 30.1 Å². The molecule has 94 valence electrons. The number of aromatic nitrogens is 1. The minimum atomic E-state index is 0.460. The van der Waals surface area contributed by atoms with Gasteiger partial charge in [0.25, 0.3) is 0 Å². The first-order chi connectivity index (χ1) is 8.34. The Hall–Kier alpha value is -0.930. The summed E-state index contributed by atoms with van der Waals surface area (Å²) in [5.74, 6) is 0.837. The lowest BCUT2D eigenvalue weighted by molar-refractivity contribution is 0.315. The third-order valence-corrected chi connectivity index (χ3v) is 3.64. The predicted molar refractivity (Wildman–Crippen MR) is 70.7 cm³/mol. The van der Waals surface area contributed by atoms with Crippen LogP contribution in [0.1, 0.15) is 31.2 Å². The molecule has 17 heavy (non-hydrogen) atoms. The number of hydrogen-bond donors (Lipinski definition) is 2. The average Bonchev–Trinajstić information content (AvgIpc) is 2.38. The van der Waals surface area contributed by atoms with E-state index in [0.29, 0.717) is 6.04 Å². The number of nitrogens with one attached hydrogen (secondary N) is 1. The molecule has 1 aromatic heterocycles. The van der Waals surface area contributed by atoms with Crippen molar-refractivity contribution in [2.24, 2.45) is 11.7 Å². The molecule has 0 saturated heterocycles. The van der Waals surface area contributed by atoms with Gasteiger partial charge in [0.15, 0.2) is 0 Å². The summed E-state index contributed by atoms with van der Waals surface area (Å²) in [6.07, 6.45) is 9.83. The van der Waals surface area contributed by atoms with E-state index in [1.165, 1.54) is 31.2 Å². The van der Waals surface area contributed by atoms with Crippen molar-refractivity contribution in [1.82, 2.24) is 10.3 Å². The Bertz CT molecular complexity index is 305. The summed E-state index contributed by atoms with van der Waals surface area (Å²) in [6.45, 7) is 2.20. The minimum Gasteiger partial charge on any atom is -0.328 e. The zero-order valence-electron chi connectivity index (χ0n) is 10.4. The van der Waals surface area contributed by atoms with Gasteiger partial charge in [-0.3, -0.25) is 4.98 Å². The number of nitrogens with zero attached hydrogens (tertiary/aromatic N) is 1. The van der Waals surface area contributed by atoms with Crippen molar-refractivity contribution in [2.75, 3.05) is 13.1 Å². The molecule has 1 fully saturated rings. The fraction of sp³-hybridized carbons (Fsp3) is 0.643. The maximum absolute atomic E-state index is 5.90. The topological polar surface area (TPSA) is 50.9 Å². The van der Waals surface area contributed by atoms with Gasteiger partial charge in [-0.25, -0.2) is 0 Å². The molecule has 3 heteroatoms. The van der Waals surface area contributed by atoms with Crippen molar-refractivity contribution in [1.29, 1.82) is 0 Å². The normalized spacial score (nSPS) is 24.8. The molecule has 1 aromatic rings. The number of pyridine rings is 1. The first-order valence-corrected chi connectivity index (χ1v) is 6.70. The molecule has 3 N–H and O–H groups in total. The van der Waals surface area contributed by atoms with Gasteiger partial charge in [0.2, 0.25) is 0 Å². The van der Waals surface area contributed by atoms with Gasteiger partial charge in [-0.05, 0) is 62.7 Å². The Morgan fingerprint density at radius 3 is 2.82 bits per heavy atom. The van der Waals surface area contributed by atoms with Crippen LogP contribution < -0.4 is 11.1 Å². The number of nitrogens with two attached hydrogens (primary N) is 1. The fourth-order valence-corrected chi connectivity index (χ4v) is 2.48. The van der Waals surface area contributed by atoms with Crippen LogP contribution in [0.15, 0.2) is 24.5 Å². The van der Waals surface area contributed by atoms with Crippen molar-refractivity contribution in [3.8, 4) is 0 Å². The molecular weight excluding hydrogens is 210 g/mol. The van der Waals surface area contributed by atoms with E-state index < -0.39 is 0 Å². The largest absolute Gasteiger partial charge is 0.328 e. The molecule has 0 atom stereocenters. The Kier molecular flexibility index (Phi) is 4.95. The lowest BCUT2D eigenvalue weighted by atomic mass is 9.86. The lowest BCUT2D eigenvalue weighted by Gasteiger charge is -2.26. The van der Waals surface area contributed by atoms with Crippen LogP contribution in [0.3, 0.4) is 0 Å². The predicted octanol–water partition coefficient (Wildman–Crippen LogP) is 1.73. The van der Waals surface area contributed by atoms with E-state index in [1.807, 2.05) is 18.5 Å². The second-order valence-corrected chi connectivity index (χ2v) is 5.10. The molecule has 2 rings (SSSR count). The van der Waals surface area contributed by atoms with E-state index in [1.54, 1.807) is 0 Å². The van der Waals surface area contributed by atoms with Crippen molar-refractivity contribution in [2.45, 2.75) is 38.1 Å². The summed E-state index contributed by atoms with van der Waals surface area (Å²) >= 11 is 0. The third-order valence-electron chi connectivity index (χ3n) is 3.64. The maximum Gasteiger partial charge on any atom is 0.0300 e. The van der Waals surface area contributed by atoms with Crippen LogP contribution in [0.4, 0.5) is 0 Å². The molecule has 0 radical (unpaired) electrons. The van der Waals surface area contributed by atoms with Crippen LogP contribution in [0.5, 0.6) is 0 Å². The van der Waals surface area contributed by atoms with E-state index in [0.717, 1.165) is 25.4 Å². The van der Waals surface area contributed by atoms with E-state index >= 15 is 0 Å². The summed E-state index contributed by atoms with van der Waals surface area (Å²) in [4.78, 5) is 4.12. The third kappa shape index (κ3) is 4.44. The molecule has 3 nitrogen and oxygen atoms in total. The van der Waals surface area contributed by atoms with Gasteiger partial charge in [-0.15, -0.1) is 0 Å². The van der Waals surface area contributed by atoms with E-state index in [2.05, 4.69) is 16.4 Å². The number of hydrogen-bond acceptors (Lipinski definition) is 3. The van der Waals surface area contributed by atoms with Crippen molar-refractivity contribution < 1.29 is 0 Å². The lowest BCUT2D eigenvalue weighted by Crippen LogP contribution is -2.32. The highest BCUT2D eigenvalue weighted by atomic mass is 14.9. The van der Waals surface area contributed by atoms with Crippen LogP contribution in [0, 0.1) is 5.92 Å². The zero-order valence-corrected chi connectivity index (χ0v) is 10.4. The second-order valence-electron chi connectivity index (χ2n) is 5.10. The smallest absolute Gasteiger partial charge is 0.0300 e. The van der Waals surface area contributed by atoms with Gasteiger partial charge in [-0.1, -0.05) is 6.07 Å². The standard InChI is InChI=1S/C14H23N3/c15-14-5-3-13(4-6-14)11-17-9-7-12-2-1-8-16-10-12/h1-2,8,10,13-14,17H,3-7,9,11,15H2. The van der Waals surface area contributed by atoms with Gasteiger partial charge in [0.05, 0.1) is 0 Å². The summed E-state index contributed by atoms with van der Waals surface area (Å²) in [6, 6.07) is 4.59. The van der Waals surface area contributed by atoms with Crippen molar-refractivity contribution >= 4 is 0 Å². The molecule has 1 aliphatic rings. The quantitative estimate of drug-likeness (QED) is 0.762. The number of rotatable bonds is 5. The Morgan fingerprint density at radius 1 is 1.29 bits per heavy atom. The van der Waals surface area contributed by atoms with Gasteiger partial charge < -0.3 is 11.1 Å². The Morgan fingerprint density at radius 2 is 2.12 bits per heavy atom. The SMILES string of the molecule is NC1CCC(CNCCc2cccnc2)CC1. The highest BCUT2D eigenvalue weighted by Crippen LogP contribution is 2.22. The van der Waals surface area contributed by atoms with E-state index in [-0.39, 0.29) is 0 Å². The first-order valence-electron chi connectivity index (χ1n) is 6.70. The molecule has 0 amide bonds. The molecule has 0 aliphatic heterocycles. The second kappa shape index (κ2) is 6.72. The molecule has 0 aromatic carbocycles. The maximum atomic E-state index is 5.90. The Labute approximate surface area is 104 Å². The van der Waals surface area contributed by atoms with Crippen LogP contribution >= 0.6 is 0 Å². The highest BCUT2D eigenvalue weighted by molar-refractivity contribution is 5.08. The summed E-state index contributed by atoms with van der Waals surface area (Å²) < 4.78 is 0. The zero-order chi connectivity index (χ0) is 11.9. The molecule has 0 spiro atoms. The van der Waals surface area contributed by atoms with Gasteiger partial charge in [-0.2, -0.15) is 0 Å². The molecule has 0 bridgehead atoms. The Balaban J connectivity index is 1.57. The minimum absolute atomic E-state index is 0.460. The van der Waals surface area contributed by atoms with Gasteiger partial charge >= 0.3 is 0 Å². The molecule has 1 heterocycles. The molecule has 1 saturated carbocycles.